The van der Waals surface area contributed by atoms with Crippen molar-refractivity contribution in [3.63, 3.8) is 0 Å². The average molecular weight is 188 g/mol. The first-order chi connectivity index (χ1) is 5.58. The summed E-state index contributed by atoms with van der Waals surface area (Å²) >= 11 is 0. The first-order valence-corrected chi connectivity index (χ1v) is 6.40. The predicted octanol–water partition coefficient (Wildman–Crippen LogP) is 0.341. The molecule has 0 amide bonds. The quantitative estimate of drug-likeness (QED) is 0.464. The molecule has 74 valence electrons. The van der Waals surface area contributed by atoms with Crippen LogP contribution < -0.4 is 10.6 Å². The van der Waals surface area contributed by atoms with Crippen LogP contribution in [0.4, 0.5) is 0 Å². The Bertz CT molecular complexity index is 115. The van der Waals surface area contributed by atoms with E-state index in [1.807, 2.05) is 7.05 Å². The number of hydrogen-bond acceptors (Lipinski definition) is 2. The van der Waals surface area contributed by atoms with E-state index in [0.717, 1.165) is 6.54 Å². The molecule has 0 aromatic rings. The van der Waals surface area contributed by atoms with Gasteiger partial charge in [0, 0.05) is 10.2 Å². The number of hydrogen-bond donors (Lipinski definition) is 2. The van der Waals surface area contributed by atoms with Gasteiger partial charge in [-0.25, -0.2) is 0 Å². The van der Waals surface area contributed by atoms with Crippen LogP contribution in [0, 0.1) is 5.41 Å². The summed E-state index contributed by atoms with van der Waals surface area (Å²) in [5, 5.41) is 6.79. The molecule has 2 N–H and O–H groups in total. The third-order valence-corrected chi connectivity index (χ3v) is 2.87. The van der Waals surface area contributed by atoms with Crippen LogP contribution in [-0.4, -0.2) is 30.0 Å². The van der Waals surface area contributed by atoms with Crippen molar-refractivity contribution in [1.82, 2.24) is 10.6 Å². The Morgan fingerprint density at radius 1 is 1.42 bits per heavy atom. The van der Waals surface area contributed by atoms with Gasteiger partial charge in [0.2, 0.25) is 0 Å². The van der Waals surface area contributed by atoms with Crippen molar-refractivity contribution in [2.75, 3.05) is 13.6 Å². The molecule has 0 aliphatic rings. The Labute approximate surface area is 79.9 Å². The van der Waals surface area contributed by atoms with Gasteiger partial charge >= 0.3 is 0 Å². The lowest BCUT2D eigenvalue weighted by Crippen LogP contribution is -2.50. The molecule has 0 fully saturated rings. The normalized spacial score (nSPS) is 15.0. The van der Waals surface area contributed by atoms with E-state index in [9.17, 15) is 0 Å². The van der Waals surface area contributed by atoms with Gasteiger partial charge in [0.15, 0.2) is 0 Å². The highest BCUT2D eigenvalue weighted by Gasteiger charge is 2.26. The Kier molecular flexibility index (Phi) is 5.79. The first-order valence-electron chi connectivity index (χ1n) is 4.99. The van der Waals surface area contributed by atoms with Crippen LogP contribution in [0.3, 0.4) is 0 Å². The fourth-order valence-electron chi connectivity index (χ4n) is 1.76. The van der Waals surface area contributed by atoms with Gasteiger partial charge in [-0.05, 0) is 25.4 Å². The Hall–Kier alpha value is 0.137. The molecule has 2 nitrogen and oxygen atoms in total. The molecule has 0 saturated heterocycles. The van der Waals surface area contributed by atoms with E-state index in [1.165, 1.54) is 22.7 Å². The Balaban J connectivity index is 4.05. The Morgan fingerprint density at radius 2 is 2.00 bits per heavy atom. The largest absolute Gasteiger partial charge is 0.305 e. The molecule has 0 aliphatic heterocycles. The van der Waals surface area contributed by atoms with E-state index in [2.05, 4.69) is 31.4 Å². The van der Waals surface area contributed by atoms with Gasteiger partial charge in [0.05, 0.1) is 6.17 Å². The molecular weight excluding hydrogens is 164 g/mol. The molecule has 0 rings (SSSR count). The predicted molar refractivity (Wildman–Crippen MR) is 59.7 cm³/mol. The molecule has 0 spiro atoms. The zero-order valence-corrected chi connectivity index (χ0v) is 11.2. The van der Waals surface area contributed by atoms with Gasteiger partial charge in [0.1, 0.15) is 0 Å². The second-order valence-corrected chi connectivity index (χ2v) is 5.02. The van der Waals surface area contributed by atoms with E-state index >= 15 is 0 Å². The highest BCUT2D eigenvalue weighted by atomic mass is 28.1. The second-order valence-electron chi connectivity index (χ2n) is 4.02. The lowest BCUT2D eigenvalue weighted by atomic mass is 9.86. The topological polar surface area (TPSA) is 24.1 Å². The molecule has 0 radical (unpaired) electrons. The molecular formula is C9H24N2Si. The minimum atomic E-state index is 0.381. The maximum atomic E-state index is 3.46. The highest BCUT2D eigenvalue weighted by molar-refractivity contribution is 6.08. The summed E-state index contributed by atoms with van der Waals surface area (Å²) in [5.41, 5.74) is 0.381. The van der Waals surface area contributed by atoms with E-state index in [-0.39, 0.29) is 0 Å². The molecule has 3 heteroatoms. The fourth-order valence-corrected chi connectivity index (χ4v) is 3.05. The second kappa shape index (κ2) is 5.73. The zero-order valence-electron chi connectivity index (χ0n) is 9.20. The third kappa shape index (κ3) is 3.69. The summed E-state index contributed by atoms with van der Waals surface area (Å²) in [7, 11) is 3.35. The molecule has 0 aromatic carbocycles. The summed E-state index contributed by atoms with van der Waals surface area (Å²) in [6.45, 7) is 7.85. The molecule has 0 saturated carbocycles. The summed E-state index contributed by atoms with van der Waals surface area (Å²) in [6, 6.07) is 1.39. The van der Waals surface area contributed by atoms with Gasteiger partial charge in [-0.1, -0.05) is 26.8 Å². The van der Waals surface area contributed by atoms with Crippen LogP contribution >= 0.6 is 0 Å². The van der Waals surface area contributed by atoms with Gasteiger partial charge in [0.25, 0.3) is 0 Å². The summed E-state index contributed by atoms with van der Waals surface area (Å²) in [5.74, 6) is 0. The maximum Gasteiger partial charge on any atom is 0.0621 e. The van der Waals surface area contributed by atoms with Gasteiger partial charge < -0.3 is 10.6 Å². The Morgan fingerprint density at radius 3 is 2.33 bits per heavy atom. The maximum absolute atomic E-state index is 3.46. The SMILES string of the molecule is CCNC(NC)C(C)(C)CC[SiH3]. The van der Waals surface area contributed by atoms with Crippen molar-refractivity contribution in [3.8, 4) is 0 Å². The van der Waals surface area contributed by atoms with Crippen LogP contribution in [0.5, 0.6) is 0 Å². The fraction of sp³-hybridized carbons (Fsp3) is 1.00. The number of rotatable bonds is 6. The van der Waals surface area contributed by atoms with E-state index in [0.29, 0.717) is 11.6 Å². The zero-order chi connectivity index (χ0) is 9.61. The molecule has 0 heterocycles. The lowest BCUT2D eigenvalue weighted by molar-refractivity contribution is 0.207. The highest BCUT2D eigenvalue weighted by Crippen LogP contribution is 2.24. The average Bonchev–Trinajstić information content (AvgIpc) is 1.99. The van der Waals surface area contributed by atoms with Crippen LogP contribution in [-0.2, 0) is 0 Å². The molecule has 12 heavy (non-hydrogen) atoms. The van der Waals surface area contributed by atoms with Crippen molar-refractivity contribution in [3.05, 3.63) is 0 Å². The molecule has 1 atom stereocenters. The standard InChI is InChI=1S/C9H24N2Si/c1-5-11-8(10-4)9(2,3)6-7-12/h8,10-11H,5-7H2,1-4,12H3. The minimum absolute atomic E-state index is 0.381. The summed E-state index contributed by atoms with van der Waals surface area (Å²) in [4.78, 5) is 0. The van der Waals surface area contributed by atoms with Gasteiger partial charge in [-0.3, -0.25) is 0 Å². The van der Waals surface area contributed by atoms with Crippen molar-refractivity contribution in [2.45, 2.75) is 39.4 Å². The molecule has 0 aliphatic carbocycles. The minimum Gasteiger partial charge on any atom is -0.305 e. The molecule has 0 bridgehead atoms. The van der Waals surface area contributed by atoms with Crippen LogP contribution in [0.15, 0.2) is 0 Å². The van der Waals surface area contributed by atoms with E-state index in [4.69, 9.17) is 0 Å². The van der Waals surface area contributed by atoms with Crippen LogP contribution in [0.1, 0.15) is 27.2 Å². The van der Waals surface area contributed by atoms with Gasteiger partial charge in [-0.2, -0.15) is 0 Å². The van der Waals surface area contributed by atoms with Crippen LogP contribution in [0.2, 0.25) is 6.04 Å². The smallest absolute Gasteiger partial charge is 0.0621 e. The third-order valence-electron chi connectivity index (χ3n) is 2.37. The van der Waals surface area contributed by atoms with Crippen molar-refractivity contribution in [2.24, 2.45) is 5.41 Å². The first kappa shape index (κ1) is 12.1. The van der Waals surface area contributed by atoms with Gasteiger partial charge in [-0.15, -0.1) is 0 Å². The van der Waals surface area contributed by atoms with Crippen LogP contribution in [0.25, 0.3) is 0 Å². The summed E-state index contributed by atoms with van der Waals surface area (Å²) in [6.07, 6.45) is 1.77. The molecule has 1 unspecified atom stereocenters. The van der Waals surface area contributed by atoms with E-state index in [1.54, 1.807) is 0 Å². The summed E-state index contributed by atoms with van der Waals surface area (Å²) < 4.78 is 0. The van der Waals surface area contributed by atoms with Crippen molar-refractivity contribution < 1.29 is 0 Å². The monoisotopic (exact) mass is 188 g/mol. The van der Waals surface area contributed by atoms with Crippen molar-refractivity contribution >= 4 is 10.2 Å². The molecule has 0 aromatic heterocycles. The van der Waals surface area contributed by atoms with Crippen molar-refractivity contribution in [1.29, 1.82) is 0 Å². The van der Waals surface area contributed by atoms with E-state index < -0.39 is 0 Å². The lowest BCUT2D eigenvalue weighted by Gasteiger charge is -2.34. The number of nitrogens with one attached hydrogen (secondary N) is 2.